The maximum Gasteiger partial charge on any atom is 0.145 e. The lowest BCUT2D eigenvalue weighted by molar-refractivity contribution is 0.286. The minimum atomic E-state index is -0.205. The molecule has 6 nitrogen and oxygen atoms in total. The number of aromatic nitrogens is 3. The molecule has 3 heterocycles. The number of hydrogen-bond donors (Lipinski definition) is 2. The topological polar surface area (TPSA) is 101 Å². The lowest BCUT2D eigenvalue weighted by Gasteiger charge is -2.16. The molecule has 0 radical (unpaired) electrons. The van der Waals surface area contributed by atoms with E-state index in [-0.39, 0.29) is 6.04 Å². The van der Waals surface area contributed by atoms with Gasteiger partial charge in [0.15, 0.2) is 0 Å². The van der Waals surface area contributed by atoms with Gasteiger partial charge in [-0.3, -0.25) is 9.97 Å². The molecule has 0 unspecified atom stereocenters. The predicted molar refractivity (Wildman–Crippen MR) is 135 cm³/mol. The number of fused-ring (bicyclic) bond motifs is 2. The number of ether oxygens (including phenoxy) is 1. The summed E-state index contributed by atoms with van der Waals surface area (Å²) in [5, 5.41) is 12.5. The summed E-state index contributed by atoms with van der Waals surface area (Å²) in [6.45, 7) is 0.321. The molecule has 3 N–H and O–H groups in total. The quantitative estimate of drug-likeness (QED) is 0.333. The Kier molecular flexibility index (Phi) is 6.02. The van der Waals surface area contributed by atoms with Gasteiger partial charge in [0.1, 0.15) is 12.4 Å². The van der Waals surface area contributed by atoms with E-state index in [1.165, 1.54) is 11.5 Å². The van der Waals surface area contributed by atoms with Crippen LogP contribution in [0.25, 0.3) is 38.9 Å². The van der Waals surface area contributed by atoms with E-state index in [1.807, 2.05) is 42.7 Å². The second kappa shape index (κ2) is 9.57. The summed E-state index contributed by atoms with van der Waals surface area (Å²) in [5.41, 5.74) is 11.3. The highest BCUT2D eigenvalue weighted by Crippen LogP contribution is 2.33. The number of nitriles is 1. The third kappa shape index (κ3) is 4.38. The maximum absolute atomic E-state index is 9.15. The number of nitrogens with one attached hydrogen (secondary N) is 1. The number of aromatic amines is 1. The Bertz CT molecular complexity index is 1530. The molecule has 0 saturated carbocycles. The number of H-pyrrole nitrogens is 1. The molecule has 1 atom stereocenters. The number of pyridine rings is 2. The van der Waals surface area contributed by atoms with E-state index >= 15 is 0 Å². The second-order valence-electron chi connectivity index (χ2n) is 8.13. The van der Waals surface area contributed by atoms with E-state index in [2.05, 4.69) is 39.2 Å². The monoisotopic (exact) mass is 445 g/mol. The predicted octanol–water partition coefficient (Wildman–Crippen LogP) is 5.26. The molecule has 0 bridgehead atoms. The van der Waals surface area contributed by atoms with Crippen LogP contribution in [0, 0.1) is 11.3 Å². The Morgan fingerprint density at radius 2 is 1.97 bits per heavy atom. The van der Waals surface area contributed by atoms with Crippen LogP contribution >= 0.6 is 0 Å². The highest BCUT2D eigenvalue weighted by Gasteiger charge is 2.14. The van der Waals surface area contributed by atoms with Crippen molar-refractivity contribution in [1.82, 2.24) is 15.0 Å². The molecule has 5 aromatic rings. The molecule has 34 heavy (non-hydrogen) atoms. The van der Waals surface area contributed by atoms with Crippen molar-refractivity contribution >= 4 is 27.8 Å². The number of nitrogens with zero attached hydrogens (tertiary/aromatic N) is 3. The van der Waals surface area contributed by atoms with Crippen molar-refractivity contribution in [3.8, 4) is 22.9 Å². The van der Waals surface area contributed by atoms with Gasteiger partial charge in [0.2, 0.25) is 0 Å². The Morgan fingerprint density at radius 3 is 2.88 bits per heavy atom. The van der Waals surface area contributed by atoms with Gasteiger partial charge in [0, 0.05) is 64.3 Å². The molecule has 0 saturated heterocycles. The van der Waals surface area contributed by atoms with Crippen molar-refractivity contribution in [3.05, 3.63) is 96.7 Å². The van der Waals surface area contributed by atoms with E-state index in [0.717, 1.165) is 38.5 Å². The average molecular weight is 446 g/mol. The number of allylic oxidation sites excluding steroid dienone is 1. The van der Waals surface area contributed by atoms with Crippen LogP contribution in [0.1, 0.15) is 11.1 Å². The van der Waals surface area contributed by atoms with Crippen LogP contribution in [0.4, 0.5) is 0 Å². The first kappa shape index (κ1) is 21.4. The Labute approximate surface area is 197 Å². The average Bonchev–Trinajstić information content (AvgIpc) is 3.28. The largest absolute Gasteiger partial charge is 0.490 e. The van der Waals surface area contributed by atoms with Crippen LogP contribution < -0.4 is 10.5 Å². The molecule has 166 valence electrons. The lowest BCUT2D eigenvalue weighted by Crippen LogP contribution is -2.30. The van der Waals surface area contributed by atoms with Crippen LogP contribution in [0.15, 0.2) is 85.6 Å². The Balaban J connectivity index is 1.40. The highest BCUT2D eigenvalue weighted by molar-refractivity contribution is 5.89. The number of para-hydroxylation sites is 1. The SMILES string of the molecule is N#CC=Cc1c(OC[C@@H](N)Cc2c[nH]c3ccccc23)cncc1-c1ccc2cnccc2c1. The molecule has 0 amide bonds. The van der Waals surface area contributed by atoms with E-state index in [1.54, 1.807) is 24.7 Å². The van der Waals surface area contributed by atoms with Gasteiger partial charge in [0.25, 0.3) is 0 Å². The highest BCUT2D eigenvalue weighted by atomic mass is 16.5. The minimum absolute atomic E-state index is 0.205. The fourth-order valence-electron chi connectivity index (χ4n) is 4.18. The smallest absolute Gasteiger partial charge is 0.145 e. The zero-order valence-corrected chi connectivity index (χ0v) is 18.5. The summed E-state index contributed by atoms with van der Waals surface area (Å²) in [6.07, 6.45) is 13.0. The standard InChI is InChI=1S/C28H23N5O/c29-10-3-5-25-26(20-7-8-21-14-31-11-9-19(21)12-20)16-32-17-28(25)34-18-23(30)13-22-15-33-27-6-2-1-4-24(22)27/h1-9,11-12,14-17,23,33H,13,18,30H2/t23-/m0/s1. The van der Waals surface area contributed by atoms with E-state index in [0.29, 0.717) is 18.8 Å². The zero-order valence-electron chi connectivity index (χ0n) is 18.5. The zero-order chi connectivity index (χ0) is 23.3. The Morgan fingerprint density at radius 1 is 1.06 bits per heavy atom. The van der Waals surface area contributed by atoms with Crippen molar-refractivity contribution < 1.29 is 4.74 Å². The van der Waals surface area contributed by atoms with Gasteiger partial charge in [0.05, 0.1) is 12.3 Å². The number of rotatable bonds is 7. The van der Waals surface area contributed by atoms with E-state index < -0.39 is 0 Å². The summed E-state index contributed by atoms with van der Waals surface area (Å²) in [5.74, 6) is 0.591. The van der Waals surface area contributed by atoms with E-state index in [9.17, 15) is 0 Å². The fraction of sp³-hybridized carbons (Fsp3) is 0.107. The van der Waals surface area contributed by atoms with Crippen LogP contribution in [0.5, 0.6) is 5.75 Å². The summed E-state index contributed by atoms with van der Waals surface area (Å²) in [4.78, 5) is 11.9. The molecule has 0 aliphatic carbocycles. The van der Waals surface area contributed by atoms with Crippen LogP contribution in [0.2, 0.25) is 0 Å². The molecule has 0 aliphatic heterocycles. The Hall–Kier alpha value is -4.47. The van der Waals surface area contributed by atoms with Gasteiger partial charge < -0.3 is 15.5 Å². The summed E-state index contributed by atoms with van der Waals surface area (Å²) in [7, 11) is 0. The summed E-state index contributed by atoms with van der Waals surface area (Å²) < 4.78 is 6.14. The molecule has 2 aromatic carbocycles. The van der Waals surface area contributed by atoms with Crippen molar-refractivity contribution in [2.24, 2.45) is 5.73 Å². The number of benzene rings is 2. The summed E-state index contributed by atoms with van der Waals surface area (Å²) >= 11 is 0. The van der Waals surface area contributed by atoms with Crippen LogP contribution in [-0.2, 0) is 6.42 Å². The van der Waals surface area contributed by atoms with Crippen molar-refractivity contribution in [3.63, 3.8) is 0 Å². The van der Waals surface area contributed by atoms with Crippen molar-refractivity contribution in [2.75, 3.05) is 6.61 Å². The molecule has 3 aromatic heterocycles. The van der Waals surface area contributed by atoms with E-state index in [4.69, 9.17) is 15.7 Å². The van der Waals surface area contributed by atoms with Gasteiger partial charge in [-0.1, -0.05) is 30.3 Å². The third-order valence-corrected chi connectivity index (χ3v) is 5.84. The number of nitrogens with two attached hydrogens (primary N) is 1. The minimum Gasteiger partial charge on any atom is -0.490 e. The van der Waals surface area contributed by atoms with Gasteiger partial charge in [-0.05, 0) is 47.2 Å². The van der Waals surface area contributed by atoms with Gasteiger partial charge in [-0.25, -0.2) is 0 Å². The molecule has 0 fully saturated rings. The van der Waals surface area contributed by atoms with Gasteiger partial charge in [-0.15, -0.1) is 0 Å². The second-order valence-corrected chi connectivity index (χ2v) is 8.13. The molecule has 5 rings (SSSR count). The van der Waals surface area contributed by atoms with Crippen molar-refractivity contribution in [2.45, 2.75) is 12.5 Å². The van der Waals surface area contributed by atoms with Crippen LogP contribution in [0.3, 0.4) is 0 Å². The molecule has 0 spiro atoms. The first-order chi connectivity index (χ1) is 16.7. The molecular weight excluding hydrogens is 422 g/mol. The lowest BCUT2D eigenvalue weighted by atomic mass is 9.98. The van der Waals surface area contributed by atoms with Gasteiger partial charge >= 0.3 is 0 Å². The normalized spacial score (nSPS) is 12.2. The number of hydrogen-bond acceptors (Lipinski definition) is 5. The molecular formula is C28H23N5O. The summed E-state index contributed by atoms with van der Waals surface area (Å²) in [6, 6.07) is 18.2. The third-order valence-electron chi connectivity index (χ3n) is 5.84. The van der Waals surface area contributed by atoms with Gasteiger partial charge in [-0.2, -0.15) is 5.26 Å². The van der Waals surface area contributed by atoms with Crippen molar-refractivity contribution in [1.29, 1.82) is 5.26 Å². The molecule has 6 heteroatoms. The van der Waals surface area contributed by atoms with Crippen LogP contribution in [-0.4, -0.2) is 27.6 Å². The fourth-order valence-corrected chi connectivity index (χ4v) is 4.18. The first-order valence-corrected chi connectivity index (χ1v) is 11.0. The molecule has 0 aliphatic rings. The first-order valence-electron chi connectivity index (χ1n) is 11.0. The maximum atomic E-state index is 9.15.